The minimum Gasteiger partial charge on any atom is -0.352 e. The van der Waals surface area contributed by atoms with Gasteiger partial charge in [-0.1, -0.05) is 13.8 Å². The van der Waals surface area contributed by atoms with Crippen molar-refractivity contribution in [1.82, 2.24) is 10.6 Å². The summed E-state index contributed by atoms with van der Waals surface area (Å²) < 4.78 is 0. The Morgan fingerprint density at radius 3 is 2.19 bits per heavy atom. The van der Waals surface area contributed by atoms with Crippen LogP contribution < -0.4 is 16.4 Å². The number of urea groups is 1. The summed E-state index contributed by atoms with van der Waals surface area (Å²) >= 11 is 0. The van der Waals surface area contributed by atoms with E-state index in [2.05, 4.69) is 17.6 Å². The van der Waals surface area contributed by atoms with E-state index in [1.807, 2.05) is 20.9 Å². The Morgan fingerprint density at radius 2 is 1.88 bits per heavy atom. The van der Waals surface area contributed by atoms with E-state index in [1.165, 1.54) is 6.92 Å². The van der Waals surface area contributed by atoms with Crippen LogP contribution in [0.15, 0.2) is 0 Å². The largest absolute Gasteiger partial charge is 0.352 e. The van der Waals surface area contributed by atoms with Crippen LogP contribution in [0.1, 0.15) is 40.5 Å². The zero-order valence-electron chi connectivity index (χ0n) is 11.2. The second-order valence-electron chi connectivity index (χ2n) is 2.86. The maximum atomic E-state index is 10.2. The highest BCUT2D eigenvalue weighted by Crippen LogP contribution is 1.92. The lowest BCUT2D eigenvalue weighted by atomic mass is 10.2. The Morgan fingerprint density at radius 1 is 1.44 bits per heavy atom. The smallest absolute Gasteiger partial charge is 0.312 e. The first-order valence-corrected chi connectivity index (χ1v) is 5.68. The fourth-order valence-electron chi connectivity index (χ4n) is 0.764. The summed E-state index contributed by atoms with van der Waals surface area (Å²) in [6.07, 6.45) is 2.77. The zero-order chi connectivity index (χ0) is 13.4. The molecule has 16 heavy (non-hydrogen) atoms. The highest BCUT2D eigenvalue weighted by Gasteiger charge is 1.97. The Labute approximate surface area is 99.2 Å². The van der Waals surface area contributed by atoms with Gasteiger partial charge in [0.1, 0.15) is 6.29 Å². The molecular formula is C11H27N3O2. The van der Waals surface area contributed by atoms with Crippen molar-refractivity contribution < 1.29 is 9.59 Å². The molecule has 4 N–H and O–H groups in total. The molecule has 98 valence electrons. The van der Waals surface area contributed by atoms with Crippen LogP contribution in [0, 0.1) is 0 Å². The van der Waals surface area contributed by atoms with Gasteiger partial charge in [0.2, 0.25) is 0 Å². The van der Waals surface area contributed by atoms with Crippen molar-refractivity contribution in [1.29, 1.82) is 0 Å². The second kappa shape index (κ2) is 19.5. The third kappa shape index (κ3) is 29.3. The fraction of sp³-hybridized carbons (Fsp3) is 0.818. The normalized spacial score (nSPS) is 9.81. The van der Waals surface area contributed by atoms with Crippen LogP contribution in [-0.2, 0) is 4.79 Å². The van der Waals surface area contributed by atoms with E-state index >= 15 is 0 Å². The predicted molar refractivity (Wildman–Crippen MR) is 68.4 cm³/mol. The summed E-state index contributed by atoms with van der Waals surface area (Å²) in [5.74, 6) is 0. The average molecular weight is 233 g/mol. The summed E-state index contributed by atoms with van der Waals surface area (Å²) in [4.78, 5) is 19.0. The number of rotatable bonds is 5. The van der Waals surface area contributed by atoms with Gasteiger partial charge >= 0.3 is 6.03 Å². The number of aldehydes is 1. The minimum absolute atomic E-state index is 0.442. The SMILES string of the molecule is CC.CC=O.CNC(C)CCCNC(N)=O. The van der Waals surface area contributed by atoms with Gasteiger partial charge in [-0.15, -0.1) is 0 Å². The first kappa shape index (κ1) is 20.3. The fourth-order valence-corrected chi connectivity index (χ4v) is 0.764. The summed E-state index contributed by atoms with van der Waals surface area (Å²) in [6, 6.07) is 0.0618. The molecule has 0 rings (SSSR count). The molecular weight excluding hydrogens is 206 g/mol. The van der Waals surface area contributed by atoms with Crippen molar-refractivity contribution >= 4 is 12.3 Å². The molecule has 0 saturated carbocycles. The van der Waals surface area contributed by atoms with Crippen LogP contribution in [0.3, 0.4) is 0 Å². The van der Waals surface area contributed by atoms with Gasteiger partial charge in [-0.05, 0) is 33.7 Å². The van der Waals surface area contributed by atoms with Crippen LogP contribution in [-0.4, -0.2) is 32.0 Å². The third-order valence-corrected chi connectivity index (χ3v) is 1.61. The molecule has 0 saturated heterocycles. The first-order valence-electron chi connectivity index (χ1n) is 5.68. The third-order valence-electron chi connectivity index (χ3n) is 1.61. The maximum absolute atomic E-state index is 10.2. The zero-order valence-corrected chi connectivity index (χ0v) is 11.2. The van der Waals surface area contributed by atoms with Crippen molar-refractivity contribution in [2.75, 3.05) is 13.6 Å². The Bertz CT molecular complexity index is 152. The van der Waals surface area contributed by atoms with Crippen LogP contribution in [0.4, 0.5) is 4.79 Å². The van der Waals surface area contributed by atoms with E-state index in [9.17, 15) is 4.79 Å². The first-order chi connectivity index (χ1) is 7.58. The maximum Gasteiger partial charge on any atom is 0.312 e. The Kier molecular flexibility index (Phi) is 24.7. The van der Waals surface area contributed by atoms with Crippen LogP contribution in [0.5, 0.6) is 0 Å². The number of carbonyl (C=O) groups excluding carboxylic acids is 2. The predicted octanol–water partition coefficient (Wildman–Crippen LogP) is 1.27. The molecule has 1 atom stereocenters. The summed E-state index contributed by atoms with van der Waals surface area (Å²) in [5, 5.41) is 5.65. The molecule has 0 radical (unpaired) electrons. The number of amides is 2. The number of carbonyl (C=O) groups is 2. The molecule has 0 heterocycles. The molecule has 0 bridgehead atoms. The molecule has 0 aromatic rings. The van der Waals surface area contributed by atoms with Crippen molar-refractivity contribution in [3.05, 3.63) is 0 Å². The molecule has 1 unspecified atom stereocenters. The molecule has 0 aliphatic rings. The van der Waals surface area contributed by atoms with E-state index in [-0.39, 0.29) is 0 Å². The lowest BCUT2D eigenvalue weighted by Crippen LogP contribution is -2.31. The molecule has 0 aliphatic carbocycles. The number of hydrogen-bond acceptors (Lipinski definition) is 3. The molecule has 0 aliphatic heterocycles. The van der Waals surface area contributed by atoms with E-state index < -0.39 is 6.03 Å². The van der Waals surface area contributed by atoms with E-state index in [4.69, 9.17) is 10.5 Å². The molecule has 2 amide bonds. The molecule has 0 aromatic carbocycles. The van der Waals surface area contributed by atoms with Crippen molar-refractivity contribution in [2.24, 2.45) is 5.73 Å². The standard InChI is InChI=1S/C7H17N3O.C2H4O.C2H6/c1-6(9-2)4-3-5-10-7(8)11;1-2-3;1-2/h6,9H,3-5H2,1-2H3,(H3,8,10,11);2H,1H3;1-2H3. The van der Waals surface area contributed by atoms with Crippen LogP contribution in [0.2, 0.25) is 0 Å². The highest BCUT2D eigenvalue weighted by molar-refractivity contribution is 5.71. The Balaban J connectivity index is -0.000000289. The van der Waals surface area contributed by atoms with Gasteiger partial charge in [-0.2, -0.15) is 0 Å². The molecule has 0 fully saturated rings. The summed E-state index contributed by atoms with van der Waals surface area (Å²) in [6.45, 7) is 8.21. The van der Waals surface area contributed by atoms with Gasteiger partial charge in [0.25, 0.3) is 0 Å². The number of primary amides is 1. The number of nitrogens with two attached hydrogens (primary N) is 1. The quantitative estimate of drug-likeness (QED) is 0.494. The molecule has 0 spiro atoms. The van der Waals surface area contributed by atoms with Gasteiger partial charge in [-0.25, -0.2) is 4.79 Å². The van der Waals surface area contributed by atoms with Crippen LogP contribution in [0.25, 0.3) is 0 Å². The van der Waals surface area contributed by atoms with Gasteiger partial charge in [0.05, 0.1) is 0 Å². The van der Waals surface area contributed by atoms with Gasteiger partial charge in [0.15, 0.2) is 0 Å². The minimum atomic E-state index is -0.442. The molecule has 5 nitrogen and oxygen atoms in total. The topological polar surface area (TPSA) is 84.2 Å². The average Bonchev–Trinajstić information content (AvgIpc) is 2.27. The summed E-state index contributed by atoms with van der Waals surface area (Å²) in [5.41, 5.74) is 4.88. The Hall–Kier alpha value is -1.10. The summed E-state index contributed by atoms with van der Waals surface area (Å²) in [7, 11) is 1.92. The van der Waals surface area contributed by atoms with E-state index in [1.54, 1.807) is 0 Å². The second-order valence-corrected chi connectivity index (χ2v) is 2.86. The van der Waals surface area contributed by atoms with E-state index in [0.717, 1.165) is 19.1 Å². The van der Waals surface area contributed by atoms with Gasteiger partial charge in [0, 0.05) is 12.6 Å². The van der Waals surface area contributed by atoms with Gasteiger partial charge in [-0.3, -0.25) is 0 Å². The van der Waals surface area contributed by atoms with Crippen molar-refractivity contribution in [3.8, 4) is 0 Å². The highest BCUT2D eigenvalue weighted by atomic mass is 16.2. The van der Waals surface area contributed by atoms with Crippen molar-refractivity contribution in [2.45, 2.75) is 46.6 Å². The van der Waals surface area contributed by atoms with Crippen molar-refractivity contribution in [3.63, 3.8) is 0 Å². The van der Waals surface area contributed by atoms with E-state index in [0.29, 0.717) is 12.6 Å². The lowest BCUT2D eigenvalue weighted by Gasteiger charge is -2.08. The molecule has 0 aromatic heterocycles. The number of nitrogens with one attached hydrogen (secondary N) is 2. The van der Waals surface area contributed by atoms with Gasteiger partial charge < -0.3 is 21.2 Å². The number of hydrogen-bond donors (Lipinski definition) is 3. The molecule has 5 heteroatoms. The monoisotopic (exact) mass is 233 g/mol. The lowest BCUT2D eigenvalue weighted by molar-refractivity contribution is -0.106. The van der Waals surface area contributed by atoms with Crippen LogP contribution >= 0.6 is 0 Å².